The van der Waals surface area contributed by atoms with E-state index in [4.69, 9.17) is 4.74 Å². The zero-order chi connectivity index (χ0) is 15.1. The quantitative estimate of drug-likeness (QED) is 0.806. The average molecular weight is 279 g/mol. The summed E-state index contributed by atoms with van der Waals surface area (Å²) >= 11 is 0. The van der Waals surface area contributed by atoms with Gasteiger partial charge in [-0.25, -0.2) is 0 Å². The van der Waals surface area contributed by atoms with E-state index in [1.54, 1.807) is 6.92 Å². The van der Waals surface area contributed by atoms with E-state index in [-0.39, 0.29) is 30.9 Å². The van der Waals surface area contributed by atoms with Crippen LogP contribution in [0.25, 0.3) is 0 Å². The van der Waals surface area contributed by atoms with Gasteiger partial charge in [0.05, 0.1) is 13.5 Å². The van der Waals surface area contributed by atoms with Crippen molar-refractivity contribution in [3.63, 3.8) is 0 Å². The SMILES string of the molecule is COC(=O)CC(C)NC(=O)COc1c(C)cccc1C. The molecule has 1 N–H and O–H groups in total. The van der Waals surface area contributed by atoms with Gasteiger partial charge in [0.2, 0.25) is 0 Å². The summed E-state index contributed by atoms with van der Waals surface area (Å²) in [6.07, 6.45) is 0.144. The maximum atomic E-state index is 11.7. The second-order valence-electron chi connectivity index (χ2n) is 4.76. The first-order valence-corrected chi connectivity index (χ1v) is 6.49. The standard InChI is InChI=1S/C15H21NO4/c1-10-6-5-7-11(2)15(10)20-9-13(17)16-12(3)8-14(18)19-4/h5-7,12H,8-9H2,1-4H3,(H,16,17). The molecular formula is C15H21NO4. The molecule has 0 saturated heterocycles. The first-order chi connectivity index (χ1) is 9.43. The fourth-order valence-electron chi connectivity index (χ4n) is 1.87. The van der Waals surface area contributed by atoms with Crippen molar-refractivity contribution in [3.8, 4) is 5.75 Å². The number of benzene rings is 1. The molecular weight excluding hydrogens is 258 g/mol. The normalized spacial score (nSPS) is 11.6. The Kier molecular flexibility index (Phi) is 6.03. The summed E-state index contributed by atoms with van der Waals surface area (Å²) in [4.78, 5) is 22.8. The van der Waals surface area contributed by atoms with Crippen molar-refractivity contribution in [2.45, 2.75) is 33.2 Å². The van der Waals surface area contributed by atoms with Crippen LogP contribution in [0.1, 0.15) is 24.5 Å². The monoisotopic (exact) mass is 279 g/mol. The number of aryl methyl sites for hydroxylation is 2. The lowest BCUT2D eigenvalue weighted by molar-refractivity contribution is -0.141. The minimum Gasteiger partial charge on any atom is -0.483 e. The molecule has 110 valence electrons. The van der Waals surface area contributed by atoms with Crippen molar-refractivity contribution in [1.29, 1.82) is 0 Å². The number of esters is 1. The number of carbonyl (C=O) groups is 2. The van der Waals surface area contributed by atoms with Gasteiger partial charge in [0, 0.05) is 6.04 Å². The molecule has 1 atom stereocenters. The van der Waals surface area contributed by atoms with E-state index in [1.165, 1.54) is 7.11 Å². The molecule has 0 aliphatic carbocycles. The summed E-state index contributed by atoms with van der Waals surface area (Å²) in [5, 5.41) is 2.69. The number of methoxy groups -OCH3 is 1. The molecule has 1 aromatic carbocycles. The summed E-state index contributed by atoms with van der Waals surface area (Å²) < 4.78 is 10.1. The molecule has 0 aliphatic rings. The van der Waals surface area contributed by atoms with E-state index in [2.05, 4.69) is 10.1 Å². The highest BCUT2D eigenvalue weighted by molar-refractivity contribution is 5.79. The largest absolute Gasteiger partial charge is 0.483 e. The number of ether oxygens (including phenoxy) is 2. The minimum atomic E-state index is -0.353. The number of hydrogen-bond donors (Lipinski definition) is 1. The van der Waals surface area contributed by atoms with Gasteiger partial charge >= 0.3 is 5.97 Å². The molecule has 1 rings (SSSR count). The highest BCUT2D eigenvalue weighted by Crippen LogP contribution is 2.21. The molecule has 1 amide bonds. The fourth-order valence-corrected chi connectivity index (χ4v) is 1.87. The van der Waals surface area contributed by atoms with Crippen LogP contribution in [-0.4, -0.2) is 31.6 Å². The smallest absolute Gasteiger partial charge is 0.307 e. The van der Waals surface area contributed by atoms with Crippen molar-refractivity contribution in [3.05, 3.63) is 29.3 Å². The Balaban J connectivity index is 2.46. The van der Waals surface area contributed by atoms with Gasteiger partial charge in [0.25, 0.3) is 5.91 Å². The summed E-state index contributed by atoms with van der Waals surface area (Å²) in [6, 6.07) is 5.52. The minimum absolute atomic E-state index is 0.0722. The third-order valence-corrected chi connectivity index (χ3v) is 2.86. The van der Waals surface area contributed by atoms with Crippen LogP contribution >= 0.6 is 0 Å². The zero-order valence-corrected chi connectivity index (χ0v) is 12.4. The molecule has 0 saturated carbocycles. The number of hydrogen-bond acceptors (Lipinski definition) is 4. The number of para-hydroxylation sites is 1. The van der Waals surface area contributed by atoms with E-state index in [1.807, 2.05) is 32.0 Å². The fraction of sp³-hybridized carbons (Fsp3) is 0.467. The molecule has 0 aromatic heterocycles. The zero-order valence-electron chi connectivity index (χ0n) is 12.4. The number of nitrogens with one attached hydrogen (secondary N) is 1. The number of amides is 1. The highest BCUT2D eigenvalue weighted by Gasteiger charge is 2.13. The molecule has 5 nitrogen and oxygen atoms in total. The lowest BCUT2D eigenvalue weighted by atomic mass is 10.1. The summed E-state index contributed by atoms with van der Waals surface area (Å²) in [5.41, 5.74) is 1.97. The van der Waals surface area contributed by atoms with Crippen LogP contribution < -0.4 is 10.1 Å². The average Bonchev–Trinajstić information content (AvgIpc) is 2.37. The van der Waals surface area contributed by atoms with Gasteiger partial charge < -0.3 is 14.8 Å². The second kappa shape index (κ2) is 7.53. The van der Waals surface area contributed by atoms with Crippen LogP contribution in [-0.2, 0) is 14.3 Å². The van der Waals surface area contributed by atoms with E-state index < -0.39 is 0 Å². The van der Waals surface area contributed by atoms with Crippen molar-refractivity contribution in [1.82, 2.24) is 5.32 Å². The molecule has 0 radical (unpaired) electrons. The van der Waals surface area contributed by atoms with Gasteiger partial charge in [-0.3, -0.25) is 9.59 Å². The van der Waals surface area contributed by atoms with Gasteiger partial charge in [-0.05, 0) is 31.9 Å². The van der Waals surface area contributed by atoms with Gasteiger partial charge in [0.1, 0.15) is 5.75 Å². The van der Waals surface area contributed by atoms with Gasteiger partial charge in [0.15, 0.2) is 6.61 Å². The Labute approximate surface area is 119 Å². The summed E-state index contributed by atoms with van der Waals surface area (Å²) in [6.45, 7) is 5.53. The molecule has 0 aliphatic heterocycles. The molecule has 5 heteroatoms. The Morgan fingerprint density at radius 2 is 1.85 bits per heavy atom. The third kappa shape index (κ3) is 4.91. The number of rotatable bonds is 6. The highest BCUT2D eigenvalue weighted by atomic mass is 16.5. The van der Waals surface area contributed by atoms with Gasteiger partial charge in [-0.2, -0.15) is 0 Å². The van der Waals surface area contributed by atoms with Gasteiger partial charge in [-0.15, -0.1) is 0 Å². The van der Waals surface area contributed by atoms with E-state index >= 15 is 0 Å². The first kappa shape index (κ1) is 16.0. The molecule has 20 heavy (non-hydrogen) atoms. The maximum Gasteiger partial charge on any atom is 0.307 e. The Morgan fingerprint density at radius 3 is 2.40 bits per heavy atom. The Bertz CT molecular complexity index is 465. The van der Waals surface area contributed by atoms with Gasteiger partial charge in [-0.1, -0.05) is 18.2 Å². The summed E-state index contributed by atoms with van der Waals surface area (Å²) in [5.74, 6) is 0.112. The molecule has 1 unspecified atom stereocenters. The molecule has 1 aromatic rings. The predicted octanol–water partition coefficient (Wildman–Crippen LogP) is 1.75. The lowest BCUT2D eigenvalue weighted by Gasteiger charge is -2.15. The lowest BCUT2D eigenvalue weighted by Crippen LogP contribution is -2.37. The van der Waals surface area contributed by atoms with Crippen LogP contribution in [0.4, 0.5) is 0 Å². The third-order valence-electron chi connectivity index (χ3n) is 2.86. The van der Waals surface area contributed by atoms with Crippen LogP contribution in [0, 0.1) is 13.8 Å². The van der Waals surface area contributed by atoms with Crippen molar-refractivity contribution in [2.24, 2.45) is 0 Å². The Morgan fingerprint density at radius 1 is 1.25 bits per heavy atom. The maximum absolute atomic E-state index is 11.7. The molecule has 0 fully saturated rings. The molecule has 0 bridgehead atoms. The summed E-state index contributed by atoms with van der Waals surface area (Å²) in [7, 11) is 1.32. The van der Waals surface area contributed by atoms with E-state index in [0.29, 0.717) is 0 Å². The molecule has 0 heterocycles. The van der Waals surface area contributed by atoms with Crippen LogP contribution in [0.15, 0.2) is 18.2 Å². The van der Waals surface area contributed by atoms with Crippen LogP contribution in [0.5, 0.6) is 5.75 Å². The second-order valence-corrected chi connectivity index (χ2v) is 4.76. The van der Waals surface area contributed by atoms with Crippen molar-refractivity contribution >= 4 is 11.9 Å². The van der Waals surface area contributed by atoms with E-state index in [0.717, 1.165) is 16.9 Å². The van der Waals surface area contributed by atoms with E-state index in [9.17, 15) is 9.59 Å². The predicted molar refractivity (Wildman–Crippen MR) is 75.6 cm³/mol. The number of carbonyl (C=O) groups excluding carboxylic acids is 2. The van der Waals surface area contributed by atoms with Crippen molar-refractivity contribution in [2.75, 3.05) is 13.7 Å². The Hall–Kier alpha value is -2.04. The first-order valence-electron chi connectivity index (χ1n) is 6.49. The molecule has 0 spiro atoms. The van der Waals surface area contributed by atoms with Crippen LogP contribution in [0.2, 0.25) is 0 Å². The van der Waals surface area contributed by atoms with Crippen LogP contribution in [0.3, 0.4) is 0 Å². The van der Waals surface area contributed by atoms with Crippen molar-refractivity contribution < 1.29 is 19.1 Å². The topological polar surface area (TPSA) is 64.6 Å².